The van der Waals surface area contributed by atoms with E-state index in [4.69, 9.17) is 15.0 Å². The normalized spacial score (nSPS) is 12.6. The lowest BCUT2D eigenvalue weighted by Crippen LogP contribution is -2.15. The molecule has 3 aromatic heterocycles. The Hall–Kier alpha value is -13.4. The Morgan fingerprint density at radius 2 is 0.718 bits per heavy atom. The minimum absolute atomic E-state index is 0.337. The molecule has 1 aliphatic rings. The van der Waals surface area contributed by atoms with Crippen LogP contribution >= 0.6 is 0 Å². The summed E-state index contributed by atoms with van der Waals surface area (Å²) >= 11 is 0. The number of nitrogens with zero attached hydrogens (tertiary/aromatic N) is 5. The predicted molar refractivity (Wildman–Crippen MR) is 432 cm³/mol. The molecule has 0 N–H and O–H groups in total. The van der Waals surface area contributed by atoms with Crippen LogP contribution in [0.3, 0.4) is 0 Å². The highest BCUT2D eigenvalue weighted by Gasteiger charge is 2.37. The Bertz CT molecular complexity index is 6900. The number of rotatable bonds is 9. The van der Waals surface area contributed by atoms with Crippen LogP contribution in [0.25, 0.3) is 199 Å². The lowest BCUT2D eigenvalue weighted by atomic mass is 9.80. The molecule has 480 valence electrons. The van der Waals surface area contributed by atoms with Crippen molar-refractivity contribution in [2.24, 2.45) is 0 Å². The van der Waals surface area contributed by atoms with Gasteiger partial charge in [0.05, 0.1) is 33.1 Å². The van der Waals surface area contributed by atoms with E-state index in [1.807, 2.05) is 0 Å². The van der Waals surface area contributed by atoms with Crippen molar-refractivity contribution in [2.75, 3.05) is 0 Å². The molecule has 103 heavy (non-hydrogen) atoms. The van der Waals surface area contributed by atoms with E-state index in [0.29, 0.717) is 0 Å². The lowest BCUT2D eigenvalue weighted by Gasteiger charge is -2.23. The average Bonchev–Trinajstić information content (AvgIpc) is 1.65. The van der Waals surface area contributed by atoms with Crippen LogP contribution in [0, 0.1) is 0 Å². The van der Waals surface area contributed by atoms with Gasteiger partial charge in [-0.3, -0.25) is 9.13 Å². The highest BCUT2D eigenvalue weighted by atomic mass is 15.1. The Kier molecular flexibility index (Phi) is 13.0. The summed E-state index contributed by atoms with van der Waals surface area (Å²) in [7, 11) is 0. The van der Waals surface area contributed by atoms with Crippen molar-refractivity contribution in [3.05, 3.63) is 357 Å². The highest BCUT2D eigenvalue weighted by Crippen LogP contribution is 2.54. The zero-order valence-electron chi connectivity index (χ0n) is 56.6. The van der Waals surface area contributed by atoms with E-state index in [-0.39, 0.29) is 5.41 Å². The summed E-state index contributed by atoms with van der Waals surface area (Å²) in [6.07, 6.45) is 0. The van der Waals surface area contributed by atoms with E-state index in [9.17, 15) is 0 Å². The van der Waals surface area contributed by atoms with Crippen molar-refractivity contribution in [3.8, 4) is 101 Å². The molecule has 17 aromatic carbocycles. The third-order valence-corrected chi connectivity index (χ3v) is 22.1. The smallest absolute Gasteiger partial charge is 0.145 e. The Balaban J connectivity index is 0.697. The summed E-state index contributed by atoms with van der Waals surface area (Å²) in [6.45, 7) is 4.84. The van der Waals surface area contributed by atoms with E-state index >= 15 is 0 Å². The van der Waals surface area contributed by atoms with E-state index in [0.717, 1.165) is 122 Å². The van der Waals surface area contributed by atoms with Gasteiger partial charge in [0.25, 0.3) is 0 Å². The fraction of sp³-hybridized carbons (Fsp3) is 0.0306. The maximum atomic E-state index is 5.84. The molecule has 1 aliphatic carbocycles. The van der Waals surface area contributed by atoms with E-state index in [1.165, 1.54) is 87.8 Å². The zero-order chi connectivity index (χ0) is 68.0. The first-order valence-corrected chi connectivity index (χ1v) is 35.5. The molecule has 20 aromatic rings. The molecule has 0 saturated heterocycles. The van der Waals surface area contributed by atoms with Gasteiger partial charge in [-0.25, -0.2) is 15.0 Å². The Labute approximate surface area is 595 Å². The highest BCUT2D eigenvalue weighted by molar-refractivity contribution is 6.24. The molecule has 0 unspecified atom stereocenters. The summed E-state index contributed by atoms with van der Waals surface area (Å²) in [4.78, 5) is 16.3. The summed E-state index contributed by atoms with van der Waals surface area (Å²) in [5.74, 6) is 1.83. The van der Waals surface area contributed by atoms with Gasteiger partial charge in [-0.1, -0.05) is 281 Å². The molecule has 0 saturated carbocycles. The number of fused-ring (bicyclic) bond motifs is 14. The average molecular weight is 1310 g/mol. The van der Waals surface area contributed by atoms with Gasteiger partial charge in [0.1, 0.15) is 11.6 Å². The third-order valence-electron chi connectivity index (χ3n) is 22.1. The molecule has 0 fully saturated rings. The van der Waals surface area contributed by atoms with Crippen molar-refractivity contribution in [3.63, 3.8) is 0 Å². The summed E-state index contributed by atoms with van der Waals surface area (Å²) < 4.78 is 4.55. The molecule has 0 radical (unpaired) electrons. The Morgan fingerprint density at radius 1 is 0.243 bits per heavy atom. The second-order valence-electron chi connectivity index (χ2n) is 28.2. The number of imidazole rings is 2. The van der Waals surface area contributed by atoms with Crippen LogP contribution in [-0.2, 0) is 5.41 Å². The van der Waals surface area contributed by atoms with Gasteiger partial charge in [-0.15, -0.1) is 0 Å². The van der Waals surface area contributed by atoms with Crippen LogP contribution in [0.2, 0.25) is 0 Å². The minimum Gasteiger partial charge on any atom is -0.292 e. The number of aromatic nitrogens is 5. The van der Waals surface area contributed by atoms with Gasteiger partial charge in [-0.2, -0.15) is 0 Å². The topological polar surface area (TPSA) is 48.5 Å². The zero-order valence-corrected chi connectivity index (χ0v) is 56.6. The number of hydrogen-bond donors (Lipinski definition) is 0. The third kappa shape index (κ3) is 9.22. The van der Waals surface area contributed by atoms with Crippen LogP contribution in [-0.4, -0.2) is 24.1 Å². The molecule has 0 atom stereocenters. The predicted octanol–water partition coefficient (Wildman–Crippen LogP) is 25.8. The second kappa shape index (κ2) is 22.8. The molecule has 0 aliphatic heterocycles. The van der Waals surface area contributed by atoms with Gasteiger partial charge in [0.15, 0.2) is 0 Å². The van der Waals surface area contributed by atoms with Gasteiger partial charge >= 0.3 is 0 Å². The number of para-hydroxylation sites is 6. The van der Waals surface area contributed by atoms with E-state index in [1.54, 1.807) is 0 Å². The molecule has 5 heteroatoms. The molecule has 0 amide bonds. The number of pyridine rings is 1. The first-order chi connectivity index (χ1) is 50.8. The van der Waals surface area contributed by atoms with Crippen LogP contribution in [0.4, 0.5) is 0 Å². The summed E-state index contributed by atoms with van der Waals surface area (Å²) in [5.41, 5.74) is 26.9. The van der Waals surface area contributed by atoms with Crippen LogP contribution in [0.5, 0.6) is 0 Å². The molecule has 0 bridgehead atoms. The monoisotopic (exact) mass is 1310 g/mol. The first kappa shape index (κ1) is 58.6. The molecule has 0 spiro atoms. The maximum absolute atomic E-state index is 5.84. The molecular formula is C98H63N5. The van der Waals surface area contributed by atoms with Crippen LogP contribution < -0.4 is 0 Å². The quantitative estimate of drug-likeness (QED) is 0.107. The standard InChI is InChI=1S/C98H63N5/c1-98(2)85-57-71(51-52-78(85)84-59-82-72(58-86(84)98)56-83-75(70-48-39-60-19-9-10-21-69(60)55-70)28-18-30-79(83)91(82)65-42-46-68(47-43-65)97-100-88-32-14-16-34-90(88)103(97)74-25-7-4-8-26-74)76-29-17-22-64-50-54-81-92(80-53-49-63-20-11-12-27-77(63)94(80)101-95(81)93(64)76)66-40-35-61(36-41-66)62-37-44-67(45-38-62)96-99-87-31-13-15-33-89(87)102(96)73-23-5-3-6-24-73/h3-59H,1-2H3. The van der Waals surface area contributed by atoms with Crippen LogP contribution in [0.1, 0.15) is 25.0 Å². The summed E-state index contributed by atoms with van der Waals surface area (Å²) in [6, 6.07) is 127. The largest absolute Gasteiger partial charge is 0.292 e. The number of benzene rings is 17. The molecule has 5 nitrogen and oxygen atoms in total. The minimum atomic E-state index is -0.337. The first-order valence-electron chi connectivity index (χ1n) is 35.5. The molecule has 21 rings (SSSR count). The van der Waals surface area contributed by atoms with E-state index < -0.39 is 0 Å². The SMILES string of the molecule is CC1(C)c2cc(-c3cccc4ccc5c(-c6ccc(-c7ccc(-c8nc9ccccc9n8-c8ccccc8)cc7)cc6)c6ccc7ccccc7c6nc5c34)ccc2-c2cc3c(-c4ccc(-c5nc6ccccc6n5-c5ccccc5)cc4)c4cccc(-c5ccc6ccccc6c5)c4cc3cc21. The van der Waals surface area contributed by atoms with Gasteiger partial charge in [-0.05, 0) is 194 Å². The molecular weight excluding hydrogens is 1250 g/mol. The molecule has 3 heterocycles. The van der Waals surface area contributed by atoms with Gasteiger partial charge in [0.2, 0.25) is 0 Å². The fourth-order valence-electron chi connectivity index (χ4n) is 17.1. The lowest BCUT2D eigenvalue weighted by molar-refractivity contribution is 0.661. The van der Waals surface area contributed by atoms with E-state index in [2.05, 4.69) is 369 Å². The van der Waals surface area contributed by atoms with Gasteiger partial charge < -0.3 is 0 Å². The van der Waals surface area contributed by atoms with Crippen molar-refractivity contribution in [1.82, 2.24) is 24.1 Å². The second-order valence-corrected chi connectivity index (χ2v) is 28.2. The maximum Gasteiger partial charge on any atom is 0.145 e. The fourth-order valence-corrected chi connectivity index (χ4v) is 17.1. The van der Waals surface area contributed by atoms with Crippen molar-refractivity contribution in [2.45, 2.75) is 19.3 Å². The Morgan fingerprint density at radius 3 is 1.39 bits per heavy atom. The van der Waals surface area contributed by atoms with Gasteiger partial charge in [0, 0.05) is 55.0 Å². The van der Waals surface area contributed by atoms with Crippen molar-refractivity contribution < 1.29 is 0 Å². The van der Waals surface area contributed by atoms with Crippen LogP contribution in [0.15, 0.2) is 346 Å². The van der Waals surface area contributed by atoms with Crippen molar-refractivity contribution in [1.29, 1.82) is 0 Å². The van der Waals surface area contributed by atoms with Crippen molar-refractivity contribution >= 4 is 97.7 Å². The number of hydrogen-bond acceptors (Lipinski definition) is 3. The summed E-state index contributed by atoms with van der Waals surface area (Å²) in [5, 5.41) is 14.2.